The second kappa shape index (κ2) is 30.1. The molecule has 0 saturated heterocycles. The van der Waals surface area contributed by atoms with Gasteiger partial charge in [-0.25, -0.2) is 0 Å². The van der Waals surface area contributed by atoms with Crippen molar-refractivity contribution in [3.63, 3.8) is 0 Å². The van der Waals surface area contributed by atoms with Gasteiger partial charge in [0.15, 0.2) is 5.11 Å². The Balaban J connectivity index is -0.0000000851. The van der Waals surface area contributed by atoms with Gasteiger partial charge in [0.25, 0.3) is 0 Å². The van der Waals surface area contributed by atoms with Crippen LogP contribution in [0.25, 0.3) is 5.53 Å². The third-order valence-electron chi connectivity index (χ3n) is 0.667. The van der Waals surface area contributed by atoms with Gasteiger partial charge in [0.05, 0.1) is 0 Å². The van der Waals surface area contributed by atoms with Crippen molar-refractivity contribution in [3.8, 4) is 0 Å². The third kappa shape index (κ3) is 60.3. The molecule has 0 radical (unpaired) electrons. The van der Waals surface area contributed by atoms with E-state index in [1.165, 1.54) is 26.4 Å². The Morgan fingerprint density at radius 3 is 1.58 bits per heavy atom. The van der Waals surface area contributed by atoms with Gasteiger partial charge in [0.2, 0.25) is 0 Å². The SMILES string of the molecule is CNC(=S)N=[N-].CNC(=S)N[N]=[Cu].C[C-]=O.C[C-]=O. The summed E-state index contributed by atoms with van der Waals surface area (Å²) in [6, 6.07) is 0. The number of thiocarbonyl (C=S) groups is 2. The third-order valence-corrected chi connectivity index (χ3v) is 1.35. The van der Waals surface area contributed by atoms with Crippen molar-refractivity contribution in [1.29, 1.82) is 0 Å². The van der Waals surface area contributed by atoms with Crippen LogP contribution in [0.2, 0.25) is 0 Å². The van der Waals surface area contributed by atoms with Crippen molar-refractivity contribution >= 4 is 47.2 Å². The first kappa shape index (κ1) is 26.4. The van der Waals surface area contributed by atoms with Gasteiger partial charge in [-0.15, -0.1) is 0 Å². The quantitative estimate of drug-likeness (QED) is 0.206. The minimum atomic E-state index is 0.106. The average Bonchev–Trinajstić information content (AvgIpc) is 2.40. The van der Waals surface area contributed by atoms with Crippen LogP contribution < -0.4 is 16.1 Å². The zero-order valence-corrected chi connectivity index (χ0v) is 13.4. The van der Waals surface area contributed by atoms with Gasteiger partial charge in [0, 0.05) is 7.05 Å². The molecule has 11 heteroatoms. The van der Waals surface area contributed by atoms with Crippen molar-refractivity contribution in [1.82, 2.24) is 16.1 Å². The van der Waals surface area contributed by atoms with Gasteiger partial charge in [-0.05, 0) is 12.2 Å². The van der Waals surface area contributed by atoms with Crippen LogP contribution >= 0.6 is 24.4 Å². The molecule has 0 fully saturated rings. The number of nitrogens with zero attached hydrogens (tertiary/aromatic N) is 3. The van der Waals surface area contributed by atoms with E-state index in [0.29, 0.717) is 5.11 Å². The molecule has 0 atom stereocenters. The van der Waals surface area contributed by atoms with Crippen LogP contribution in [0.4, 0.5) is 0 Å². The van der Waals surface area contributed by atoms with Gasteiger partial charge in [-0.2, -0.15) is 13.8 Å². The molecule has 0 rings (SSSR count). The molecule has 0 aromatic heterocycles. The van der Waals surface area contributed by atoms with Gasteiger partial charge in [-0.1, -0.05) is 0 Å². The Hall–Kier alpha value is -1.16. The second-order valence-electron chi connectivity index (χ2n) is 1.82. The first-order valence-electron chi connectivity index (χ1n) is 4.35. The zero-order valence-electron chi connectivity index (χ0n) is 10.8. The molecule has 0 aromatic rings. The minimum absolute atomic E-state index is 0.106. The molecule has 0 unspecified atom stereocenters. The summed E-state index contributed by atoms with van der Waals surface area (Å²) in [6.07, 6.45) is 3.00. The maximum atomic E-state index is 8.68. The van der Waals surface area contributed by atoms with Crippen molar-refractivity contribution in [2.75, 3.05) is 14.1 Å². The number of hydrogen-bond donors (Lipinski definition) is 3. The Labute approximate surface area is 131 Å². The van der Waals surface area contributed by atoms with Crippen LogP contribution in [0.3, 0.4) is 0 Å². The molecule has 3 N–H and O–H groups in total. The maximum Gasteiger partial charge on any atom is -0.165 e. The number of rotatable bonds is 1. The fourth-order valence-corrected chi connectivity index (χ4v) is 0.346. The minimum Gasteiger partial charge on any atom is -0.542 e. The molecule has 0 aromatic carbocycles. The smallest absolute Gasteiger partial charge is 0.165 e. The van der Waals surface area contributed by atoms with E-state index in [0.717, 1.165) is 0 Å². The van der Waals surface area contributed by atoms with Gasteiger partial charge < -0.3 is 25.6 Å². The maximum absolute atomic E-state index is 8.68. The summed E-state index contributed by atoms with van der Waals surface area (Å²) in [7, 11) is 3.27. The van der Waals surface area contributed by atoms with E-state index < -0.39 is 0 Å². The summed E-state index contributed by atoms with van der Waals surface area (Å²) < 4.78 is 3.12. The monoisotopic (exact) mass is 354 g/mol. The molecule has 0 aliphatic rings. The molecule has 0 spiro atoms. The predicted molar refractivity (Wildman–Crippen MR) is 77.4 cm³/mol. The van der Waals surface area contributed by atoms with Crippen LogP contribution in [0, 0.1) is 0 Å². The molecule has 0 saturated carbocycles. The van der Waals surface area contributed by atoms with E-state index in [-0.39, 0.29) is 5.11 Å². The van der Waals surface area contributed by atoms with E-state index in [1.807, 2.05) is 0 Å². The normalized spacial score (nSPS) is 6.21. The van der Waals surface area contributed by atoms with Crippen molar-refractivity contribution in [2.45, 2.75) is 13.8 Å². The Morgan fingerprint density at radius 1 is 1.16 bits per heavy atom. The molecule has 0 aliphatic heterocycles. The van der Waals surface area contributed by atoms with Gasteiger partial charge in [0.1, 0.15) is 0 Å². The average molecular weight is 355 g/mol. The number of hydrogen-bond acceptors (Lipinski definition) is 5. The summed E-state index contributed by atoms with van der Waals surface area (Å²) in [5.74, 6) is 0. The van der Waals surface area contributed by atoms with Crippen molar-refractivity contribution < 1.29 is 25.4 Å². The number of nitrogens with one attached hydrogen (secondary N) is 3. The largest absolute Gasteiger partial charge is 0.542 e. The second-order valence-corrected chi connectivity index (χ2v) is 2.83. The fraction of sp³-hybridized carbons (Fsp3) is 0.500. The molecule has 19 heavy (non-hydrogen) atoms. The Bertz CT molecular complexity index is 272. The topological polar surface area (TPSA) is 117 Å². The standard InChI is InChI=1S/C2H5N3S.C2H4N3S.2C2H3O.Cu/c2*1-4-2(6)5-3;2*1-2-3;/h1H3,(H2,4,5,6);1H3,(H,4,6);2*1H3;/q;3*-1;. The van der Waals surface area contributed by atoms with Gasteiger partial charge in [-0.3, -0.25) is 12.6 Å². The summed E-state index contributed by atoms with van der Waals surface area (Å²) in [6.45, 7) is 2.64. The molecule has 115 valence electrons. The fourth-order valence-electron chi connectivity index (χ4n) is 0.137. The first-order valence-corrected chi connectivity index (χ1v) is 5.59. The Kier molecular flexibility index (Phi) is 41.9. The van der Waals surface area contributed by atoms with Crippen LogP contribution in [-0.4, -0.2) is 36.9 Å². The zero-order chi connectivity index (χ0) is 16.1. The molecule has 8 nitrogen and oxygen atoms in total. The van der Waals surface area contributed by atoms with Crippen molar-refractivity contribution in [2.24, 2.45) is 9.19 Å². The molecule has 0 aliphatic carbocycles. The van der Waals surface area contributed by atoms with Crippen LogP contribution in [0.15, 0.2) is 9.19 Å². The van der Waals surface area contributed by atoms with E-state index in [1.54, 1.807) is 14.1 Å². The molecular weight excluding hydrogens is 340 g/mol. The summed E-state index contributed by atoms with van der Waals surface area (Å²) in [5.41, 5.74) is 10.1. The summed E-state index contributed by atoms with van der Waals surface area (Å²) in [5, 5.41) is 8.22. The van der Waals surface area contributed by atoms with E-state index in [4.69, 9.17) is 15.1 Å². The van der Waals surface area contributed by atoms with E-state index in [2.05, 4.69) is 65.5 Å². The van der Waals surface area contributed by atoms with E-state index in [9.17, 15) is 0 Å². The molecule has 0 heterocycles. The van der Waals surface area contributed by atoms with Gasteiger partial charge >= 0.3 is 55.0 Å². The molecule has 0 bridgehead atoms. The summed E-state index contributed by atoms with van der Waals surface area (Å²) in [4.78, 5) is 17.4. The predicted octanol–water partition coefficient (Wildman–Crippen LogP) is 0.470. The first-order chi connectivity index (χ1) is 8.94. The molecular formula is C8H15CuN6O2S2-3. The van der Waals surface area contributed by atoms with E-state index >= 15 is 0 Å². The summed E-state index contributed by atoms with van der Waals surface area (Å²) >= 11 is 13.2. The number of carbonyl (C=O) groups excluding carboxylic acids is 2. The Morgan fingerprint density at radius 2 is 1.53 bits per heavy atom. The molecule has 0 amide bonds. The van der Waals surface area contributed by atoms with Crippen LogP contribution in [0.5, 0.6) is 0 Å². The van der Waals surface area contributed by atoms with Crippen molar-refractivity contribution in [3.05, 3.63) is 5.53 Å². The van der Waals surface area contributed by atoms with Crippen LogP contribution in [0.1, 0.15) is 13.8 Å². The van der Waals surface area contributed by atoms with Crippen LogP contribution in [-0.2, 0) is 25.4 Å².